The van der Waals surface area contributed by atoms with Crippen molar-refractivity contribution in [3.05, 3.63) is 52.5 Å². The Bertz CT molecular complexity index is 965. The standard InChI is InChI=1S/C16H16Cl2N4O4S/c1-10(23)20-11-5-7-12(8-6-11)27(25,26)22(9-15(24)21-19)14-4-2-3-13(17)16(14)18/h2-8H,9,19H2,1H3,(H,20,23)(H,21,24). The van der Waals surface area contributed by atoms with Crippen LogP contribution in [-0.2, 0) is 19.6 Å². The quantitative estimate of drug-likeness (QED) is 0.368. The number of carbonyl (C=O) groups is 2. The van der Waals surface area contributed by atoms with Gasteiger partial charge in [-0.3, -0.25) is 19.3 Å². The van der Waals surface area contributed by atoms with Gasteiger partial charge in [0.25, 0.3) is 15.9 Å². The fraction of sp³-hybridized carbons (Fsp3) is 0.125. The Hall–Kier alpha value is -2.33. The van der Waals surface area contributed by atoms with E-state index in [1.165, 1.54) is 49.4 Å². The molecule has 0 aliphatic heterocycles. The largest absolute Gasteiger partial charge is 0.326 e. The lowest BCUT2D eigenvalue weighted by Gasteiger charge is -2.25. The van der Waals surface area contributed by atoms with Gasteiger partial charge in [0.15, 0.2) is 0 Å². The fourth-order valence-corrected chi connectivity index (χ4v) is 4.08. The van der Waals surface area contributed by atoms with Gasteiger partial charge in [0.1, 0.15) is 6.54 Å². The Kier molecular flexibility index (Phi) is 6.66. The average Bonchev–Trinajstić information content (AvgIpc) is 2.62. The predicted octanol–water partition coefficient (Wildman–Crippen LogP) is 2.14. The number of nitrogens with one attached hydrogen (secondary N) is 2. The van der Waals surface area contributed by atoms with Gasteiger partial charge in [-0.1, -0.05) is 29.3 Å². The van der Waals surface area contributed by atoms with Crippen LogP contribution in [0, 0.1) is 0 Å². The summed E-state index contributed by atoms with van der Waals surface area (Å²) in [6.45, 7) is 0.727. The maximum absolute atomic E-state index is 13.1. The van der Waals surface area contributed by atoms with Gasteiger partial charge in [0, 0.05) is 12.6 Å². The number of sulfonamides is 1. The summed E-state index contributed by atoms with van der Waals surface area (Å²) in [7, 11) is -4.18. The lowest BCUT2D eigenvalue weighted by molar-refractivity contribution is -0.119. The van der Waals surface area contributed by atoms with Crippen LogP contribution in [0.3, 0.4) is 0 Å². The summed E-state index contributed by atoms with van der Waals surface area (Å²) in [5.41, 5.74) is 2.34. The zero-order valence-corrected chi connectivity index (χ0v) is 16.4. The van der Waals surface area contributed by atoms with Crippen molar-refractivity contribution >= 4 is 56.4 Å². The van der Waals surface area contributed by atoms with Crippen LogP contribution in [0.4, 0.5) is 11.4 Å². The normalized spacial score (nSPS) is 11.0. The van der Waals surface area contributed by atoms with Gasteiger partial charge in [-0.2, -0.15) is 0 Å². The number of hydrogen-bond donors (Lipinski definition) is 3. The lowest BCUT2D eigenvalue weighted by Crippen LogP contribution is -2.43. The number of amides is 2. The molecule has 0 radical (unpaired) electrons. The summed E-state index contributed by atoms with van der Waals surface area (Å²) >= 11 is 12.1. The molecule has 11 heteroatoms. The number of anilines is 2. The number of hydrogen-bond acceptors (Lipinski definition) is 5. The maximum atomic E-state index is 13.1. The van der Waals surface area contributed by atoms with Crippen LogP contribution in [0.5, 0.6) is 0 Å². The van der Waals surface area contributed by atoms with E-state index < -0.39 is 22.5 Å². The van der Waals surface area contributed by atoms with Gasteiger partial charge in [-0.15, -0.1) is 0 Å². The molecule has 0 unspecified atom stereocenters. The van der Waals surface area contributed by atoms with Crippen molar-refractivity contribution in [1.29, 1.82) is 0 Å². The Morgan fingerprint density at radius 2 is 1.74 bits per heavy atom. The smallest absolute Gasteiger partial charge is 0.264 e. The van der Waals surface area contributed by atoms with E-state index in [9.17, 15) is 18.0 Å². The lowest BCUT2D eigenvalue weighted by atomic mass is 10.3. The molecule has 8 nitrogen and oxygen atoms in total. The minimum Gasteiger partial charge on any atom is -0.326 e. The van der Waals surface area contributed by atoms with Gasteiger partial charge in [0.2, 0.25) is 5.91 Å². The Labute approximate surface area is 166 Å². The Morgan fingerprint density at radius 3 is 2.30 bits per heavy atom. The van der Waals surface area contributed by atoms with Crippen molar-refractivity contribution in [2.75, 3.05) is 16.2 Å². The van der Waals surface area contributed by atoms with E-state index >= 15 is 0 Å². The summed E-state index contributed by atoms with van der Waals surface area (Å²) in [6.07, 6.45) is 0. The zero-order valence-electron chi connectivity index (χ0n) is 14.1. The third kappa shape index (κ3) is 4.89. The van der Waals surface area contributed by atoms with E-state index in [2.05, 4.69) is 5.32 Å². The molecule has 2 aromatic rings. The third-order valence-electron chi connectivity index (χ3n) is 3.41. The highest BCUT2D eigenvalue weighted by Crippen LogP contribution is 2.35. The molecule has 0 aromatic heterocycles. The molecule has 0 bridgehead atoms. The number of halogens is 2. The zero-order chi connectivity index (χ0) is 20.2. The number of hydrazine groups is 1. The first-order valence-electron chi connectivity index (χ1n) is 7.50. The summed E-state index contributed by atoms with van der Waals surface area (Å²) in [5, 5.41) is 2.64. The molecule has 144 valence electrons. The van der Waals surface area contributed by atoms with Gasteiger partial charge < -0.3 is 5.32 Å². The Balaban J connectivity index is 2.51. The molecule has 0 atom stereocenters. The SMILES string of the molecule is CC(=O)Nc1ccc(S(=O)(=O)N(CC(=O)NN)c2cccc(Cl)c2Cl)cc1. The highest BCUT2D eigenvalue weighted by Gasteiger charge is 2.29. The van der Waals surface area contributed by atoms with Crippen molar-refractivity contribution in [1.82, 2.24) is 5.43 Å². The van der Waals surface area contributed by atoms with Crippen LogP contribution in [0.1, 0.15) is 6.92 Å². The number of benzene rings is 2. The van der Waals surface area contributed by atoms with Gasteiger partial charge >= 0.3 is 0 Å². The van der Waals surface area contributed by atoms with Crippen LogP contribution >= 0.6 is 23.2 Å². The van der Waals surface area contributed by atoms with Crippen molar-refractivity contribution in [3.63, 3.8) is 0 Å². The third-order valence-corrected chi connectivity index (χ3v) is 5.99. The van der Waals surface area contributed by atoms with E-state index in [1.807, 2.05) is 5.43 Å². The molecule has 0 saturated carbocycles. The van der Waals surface area contributed by atoms with Crippen LogP contribution in [0.2, 0.25) is 10.0 Å². The number of rotatable bonds is 6. The summed E-state index contributed by atoms with van der Waals surface area (Å²) in [6, 6.07) is 9.86. The Morgan fingerprint density at radius 1 is 1.11 bits per heavy atom. The van der Waals surface area contributed by atoms with Crippen LogP contribution in [0.15, 0.2) is 47.4 Å². The topological polar surface area (TPSA) is 122 Å². The molecular formula is C16H16Cl2N4O4S. The highest BCUT2D eigenvalue weighted by molar-refractivity contribution is 7.92. The van der Waals surface area contributed by atoms with Gasteiger partial charge in [-0.05, 0) is 36.4 Å². The van der Waals surface area contributed by atoms with E-state index in [-0.39, 0.29) is 26.5 Å². The number of nitrogens with two attached hydrogens (primary N) is 1. The molecule has 4 N–H and O–H groups in total. The predicted molar refractivity (Wildman–Crippen MR) is 104 cm³/mol. The van der Waals surface area contributed by atoms with Crippen molar-refractivity contribution in [2.24, 2.45) is 5.84 Å². The molecule has 2 amide bonds. The number of carbonyl (C=O) groups excluding carboxylic acids is 2. The second kappa shape index (κ2) is 8.57. The van der Waals surface area contributed by atoms with Crippen molar-refractivity contribution in [2.45, 2.75) is 11.8 Å². The van der Waals surface area contributed by atoms with Crippen molar-refractivity contribution < 1.29 is 18.0 Å². The van der Waals surface area contributed by atoms with Crippen molar-refractivity contribution in [3.8, 4) is 0 Å². The first-order valence-corrected chi connectivity index (χ1v) is 9.70. The average molecular weight is 431 g/mol. The minimum absolute atomic E-state index is 0.0255. The summed E-state index contributed by atoms with van der Waals surface area (Å²) in [4.78, 5) is 22.8. The monoisotopic (exact) mass is 430 g/mol. The summed E-state index contributed by atoms with van der Waals surface area (Å²) < 4.78 is 27.0. The van der Waals surface area contributed by atoms with Crippen LogP contribution in [-0.4, -0.2) is 26.8 Å². The maximum Gasteiger partial charge on any atom is 0.264 e. The van der Waals surface area contributed by atoms with Crippen LogP contribution in [0.25, 0.3) is 0 Å². The van der Waals surface area contributed by atoms with Gasteiger partial charge in [0.05, 0.1) is 20.6 Å². The minimum atomic E-state index is -4.18. The molecule has 0 heterocycles. The second-order valence-corrected chi connectivity index (χ2v) is 8.01. The number of nitrogens with zero attached hydrogens (tertiary/aromatic N) is 1. The molecule has 0 aliphatic rings. The molecule has 2 rings (SSSR count). The first kappa shape index (κ1) is 21.0. The molecule has 2 aromatic carbocycles. The van der Waals surface area contributed by atoms with E-state index in [1.54, 1.807) is 0 Å². The molecular weight excluding hydrogens is 415 g/mol. The van der Waals surface area contributed by atoms with Gasteiger partial charge in [-0.25, -0.2) is 14.3 Å². The van der Waals surface area contributed by atoms with Crippen LogP contribution < -0.4 is 20.9 Å². The highest BCUT2D eigenvalue weighted by atomic mass is 35.5. The molecule has 0 spiro atoms. The summed E-state index contributed by atoms with van der Waals surface area (Å²) in [5.74, 6) is 4.05. The molecule has 0 fully saturated rings. The van der Waals surface area contributed by atoms with E-state index in [0.717, 1.165) is 4.31 Å². The fourth-order valence-electron chi connectivity index (χ4n) is 2.20. The molecule has 0 saturated heterocycles. The first-order chi connectivity index (χ1) is 12.7. The van der Waals surface area contributed by atoms with E-state index in [4.69, 9.17) is 29.0 Å². The molecule has 27 heavy (non-hydrogen) atoms. The molecule has 0 aliphatic carbocycles. The van der Waals surface area contributed by atoms with E-state index in [0.29, 0.717) is 5.69 Å². The second-order valence-electron chi connectivity index (χ2n) is 5.36.